The standard InChI is InChI=1S/C25H28N6S/c1-29(2)17-22-27-24(23-21(18-32-25(23)28-22)19-8-4-3-5-9-19)31-14-12-30(13-15-31)16-20-10-6-7-11-26-20/h3-11,18H,12-17H2,1-2H3. The molecule has 1 fully saturated rings. The van der Waals surface area contributed by atoms with Gasteiger partial charge in [-0.3, -0.25) is 9.88 Å². The third kappa shape index (κ3) is 4.50. The number of thiophene rings is 1. The van der Waals surface area contributed by atoms with Gasteiger partial charge in [-0.1, -0.05) is 36.4 Å². The van der Waals surface area contributed by atoms with Crippen molar-refractivity contribution in [3.05, 3.63) is 71.6 Å². The monoisotopic (exact) mass is 444 g/mol. The Bertz CT molecular complexity index is 1170. The van der Waals surface area contributed by atoms with Gasteiger partial charge in [0.25, 0.3) is 0 Å². The Balaban J connectivity index is 1.46. The van der Waals surface area contributed by atoms with E-state index in [4.69, 9.17) is 9.97 Å². The van der Waals surface area contributed by atoms with E-state index >= 15 is 0 Å². The lowest BCUT2D eigenvalue weighted by Crippen LogP contribution is -2.46. The molecule has 6 nitrogen and oxygen atoms in total. The fraction of sp³-hybridized carbons (Fsp3) is 0.320. The SMILES string of the molecule is CN(C)Cc1nc(N2CCN(Cc3ccccn3)CC2)c2c(-c3ccccc3)csc2n1. The van der Waals surface area contributed by atoms with E-state index < -0.39 is 0 Å². The first kappa shape index (κ1) is 21.0. The van der Waals surface area contributed by atoms with Crippen molar-refractivity contribution in [3.63, 3.8) is 0 Å². The Kier molecular flexibility index (Phi) is 6.12. The van der Waals surface area contributed by atoms with Crippen molar-refractivity contribution in [3.8, 4) is 11.1 Å². The third-order valence-corrected chi connectivity index (χ3v) is 6.66. The van der Waals surface area contributed by atoms with Gasteiger partial charge in [-0.15, -0.1) is 11.3 Å². The van der Waals surface area contributed by atoms with Crippen LogP contribution in [-0.4, -0.2) is 65.0 Å². The van der Waals surface area contributed by atoms with E-state index in [9.17, 15) is 0 Å². The highest BCUT2D eigenvalue weighted by molar-refractivity contribution is 7.17. The van der Waals surface area contributed by atoms with Crippen LogP contribution in [0.25, 0.3) is 21.3 Å². The number of benzene rings is 1. The molecule has 4 aromatic rings. The van der Waals surface area contributed by atoms with E-state index in [1.807, 2.05) is 12.3 Å². The van der Waals surface area contributed by atoms with Crippen LogP contribution in [0.4, 0.5) is 5.82 Å². The average molecular weight is 445 g/mol. The van der Waals surface area contributed by atoms with Crippen LogP contribution in [0.15, 0.2) is 60.1 Å². The number of hydrogen-bond acceptors (Lipinski definition) is 7. The highest BCUT2D eigenvalue weighted by Gasteiger charge is 2.24. The maximum atomic E-state index is 5.08. The largest absolute Gasteiger partial charge is 0.353 e. The fourth-order valence-corrected chi connectivity index (χ4v) is 5.18. The summed E-state index contributed by atoms with van der Waals surface area (Å²) in [5.41, 5.74) is 3.58. The summed E-state index contributed by atoms with van der Waals surface area (Å²) >= 11 is 1.72. The van der Waals surface area contributed by atoms with E-state index in [-0.39, 0.29) is 0 Å². The Labute approximate surface area is 193 Å². The van der Waals surface area contributed by atoms with Crippen LogP contribution in [0.1, 0.15) is 11.5 Å². The number of pyridine rings is 1. The molecule has 0 N–H and O–H groups in total. The molecule has 32 heavy (non-hydrogen) atoms. The molecule has 1 aliphatic rings. The highest BCUT2D eigenvalue weighted by Crippen LogP contribution is 2.38. The van der Waals surface area contributed by atoms with E-state index in [0.717, 1.165) is 61.4 Å². The first-order chi connectivity index (χ1) is 15.7. The van der Waals surface area contributed by atoms with Crippen molar-refractivity contribution >= 4 is 27.4 Å². The molecule has 1 aliphatic heterocycles. The van der Waals surface area contributed by atoms with E-state index in [2.05, 4.69) is 81.6 Å². The molecule has 0 unspecified atom stereocenters. The number of aromatic nitrogens is 3. The molecule has 0 spiro atoms. The zero-order valence-corrected chi connectivity index (χ0v) is 19.4. The average Bonchev–Trinajstić information content (AvgIpc) is 3.24. The number of rotatable bonds is 6. The first-order valence-electron chi connectivity index (χ1n) is 11.0. The minimum atomic E-state index is 0.737. The summed E-state index contributed by atoms with van der Waals surface area (Å²) in [5, 5.41) is 3.41. The van der Waals surface area contributed by atoms with Gasteiger partial charge in [-0.25, -0.2) is 9.97 Å². The van der Waals surface area contributed by atoms with Crippen molar-refractivity contribution in [2.24, 2.45) is 0 Å². The van der Waals surface area contributed by atoms with Crippen LogP contribution in [0.5, 0.6) is 0 Å². The molecule has 0 saturated carbocycles. The van der Waals surface area contributed by atoms with Gasteiger partial charge in [-0.05, 0) is 31.8 Å². The second-order valence-electron chi connectivity index (χ2n) is 8.48. The Hall–Kier alpha value is -2.87. The van der Waals surface area contributed by atoms with Crippen LogP contribution in [0.3, 0.4) is 0 Å². The van der Waals surface area contributed by atoms with Crippen LogP contribution in [0, 0.1) is 0 Å². The third-order valence-electron chi connectivity index (χ3n) is 5.79. The maximum Gasteiger partial charge on any atom is 0.146 e. The molecular weight excluding hydrogens is 416 g/mol. The number of fused-ring (bicyclic) bond motifs is 1. The van der Waals surface area contributed by atoms with Gasteiger partial charge in [0.15, 0.2) is 0 Å². The second-order valence-corrected chi connectivity index (χ2v) is 9.34. The molecule has 0 aliphatic carbocycles. The molecule has 0 atom stereocenters. The van der Waals surface area contributed by atoms with Gasteiger partial charge in [0.2, 0.25) is 0 Å². The molecular formula is C25H28N6S. The molecule has 1 aromatic carbocycles. The van der Waals surface area contributed by atoms with Crippen LogP contribution in [-0.2, 0) is 13.1 Å². The number of hydrogen-bond donors (Lipinski definition) is 0. The van der Waals surface area contributed by atoms with Gasteiger partial charge in [0.1, 0.15) is 16.5 Å². The summed E-state index contributed by atoms with van der Waals surface area (Å²) in [6, 6.07) is 16.7. The van der Waals surface area contributed by atoms with Crippen molar-refractivity contribution < 1.29 is 0 Å². The van der Waals surface area contributed by atoms with Crippen LogP contribution >= 0.6 is 11.3 Å². The van der Waals surface area contributed by atoms with Crippen molar-refractivity contribution in [1.29, 1.82) is 0 Å². The van der Waals surface area contributed by atoms with Gasteiger partial charge < -0.3 is 9.80 Å². The summed E-state index contributed by atoms with van der Waals surface area (Å²) in [5.74, 6) is 1.96. The zero-order chi connectivity index (χ0) is 21.9. The first-order valence-corrected chi connectivity index (χ1v) is 11.9. The predicted octanol–water partition coefficient (Wildman–Crippen LogP) is 4.14. The lowest BCUT2D eigenvalue weighted by atomic mass is 10.1. The van der Waals surface area contributed by atoms with Gasteiger partial charge in [-0.2, -0.15) is 0 Å². The van der Waals surface area contributed by atoms with E-state index in [1.54, 1.807) is 11.3 Å². The molecule has 4 heterocycles. The quantitative estimate of drug-likeness (QED) is 0.446. The summed E-state index contributed by atoms with van der Waals surface area (Å²) in [6.45, 7) is 5.52. The fourth-order valence-electron chi connectivity index (χ4n) is 4.22. The molecule has 0 amide bonds. The summed E-state index contributed by atoms with van der Waals surface area (Å²) in [7, 11) is 4.13. The molecule has 0 radical (unpaired) electrons. The smallest absolute Gasteiger partial charge is 0.146 e. The number of piperazine rings is 1. The van der Waals surface area contributed by atoms with Crippen molar-refractivity contribution in [1.82, 2.24) is 24.8 Å². The molecule has 7 heteroatoms. The van der Waals surface area contributed by atoms with Crippen LogP contribution < -0.4 is 4.90 Å². The number of nitrogens with zero attached hydrogens (tertiary/aromatic N) is 6. The summed E-state index contributed by atoms with van der Waals surface area (Å²) < 4.78 is 0. The topological polar surface area (TPSA) is 48.4 Å². The molecule has 3 aromatic heterocycles. The summed E-state index contributed by atoms with van der Waals surface area (Å²) in [4.78, 5) is 22.6. The lowest BCUT2D eigenvalue weighted by molar-refractivity contribution is 0.246. The molecule has 0 bridgehead atoms. The second kappa shape index (κ2) is 9.32. The van der Waals surface area contributed by atoms with E-state index in [0.29, 0.717) is 0 Å². The minimum absolute atomic E-state index is 0.737. The van der Waals surface area contributed by atoms with Gasteiger partial charge in [0.05, 0.1) is 17.6 Å². The van der Waals surface area contributed by atoms with Gasteiger partial charge in [0, 0.05) is 49.9 Å². The predicted molar refractivity (Wildman–Crippen MR) is 132 cm³/mol. The van der Waals surface area contributed by atoms with Crippen molar-refractivity contribution in [2.45, 2.75) is 13.1 Å². The molecule has 5 rings (SSSR count). The Morgan fingerprint density at radius 1 is 0.938 bits per heavy atom. The summed E-state index contributed by atoms with van der Waals surface area (Å²) in [6.07, 6.45) is 1.87. The molecule has 164 valence electrons. The Morgan fingerprint density at radius 3 is 2.44 bits per heavy atom. The Morgan fingerprint density at radius 2 is 1.72 bits per heavy atom. The lowest BCUT2D eigenvalue weighted by Gasteiger charge is -2.35. The zero-order valence-electron chi connectivity index (χ0n) is 18.6. The highest BCUT2D eigenvalue weighted by atomic mass is 32.1. The number of anilines is 1. The van der Waals surface area contributed by atoms with Crippen LogP contribution in [0.2, 0.25) is 0 Å². The minimum Gasteiger partial charge on any atom is -0.353 e. The van der Waals surface area contributed by atoms with E-state index in [1.165, 1.54) is 16.5 Å². The maximum absolute atomic E-state index is 5.08. The van der Waals surface area contributed by atoms with Crippen molar-refractivity contribution in [2.75, 3.05) is 45.2 Å². The molecule has 1 saturated heterocycles. The van der Waals surface area contributed by atoms with Gasteiger partial charge >= 0.3 is 0 Å². The normalized spacial score (nSPS) is 15.0.